The quantitative estimate of drug-likeness (QED) is 0.763. The fraction of sp³-hybridized carbons (Fsp3) is 0.611. The average molecular weight is 368 g/mol. The molecule has 2 rings (SSSR count). The van der Waals surface area contributed by atoms with Crippen LogP contribution in [-0.2, 0) is 14.8 Å². The molecule has 1 aliphatic heterocycles. The van der Waals surface area contributed by atoms with Crippen molar-refractivity contribution in [3.8, 4) is 0 Å². The van der Waals surface area contributed by atoms with Crippen LogP contribution in [0.15, 0.2) is 29.2 Å². The van der Waals surface area contributed by atoms with Crippen LogP contribution in [0.25, 0.3) is 0 Å². The van der Waals surface area contributed by atoms with Crippen LogP contribution in [0.5, 0.6) is 0 Å². The van der Waals surface area contributed by atoms with E-state index in [9.17, 15) is 13.2 Å². The molecule has 2 unspecified atom stereocenters. The van der Waals surface area contributed by atoms with Crippen LogP contribution in [0.1, 0.15) is 25.3 Å². The summed E-state index contributed by atoms with van der Waals surface area (Å²) in [5, 5.41) is 3.03. The summed E-state index contributed by atoms with van der Waals surface area (Å²) in [6.07, 6.45) is 1.84. The summed E-state index contributed by atoms with van der Waals surface area (Å²) in [7, 11) is -1.67. The number of nitrogens with zero attached hydrogens (tertiary/aromatic N) is 1. The lowest BCUT2D eigenvalue weighted by molar-refractivity contribution is -0.136. The molecule has 1 heterocycles. The molecule has 140 valence electrons. The van der Waals surface area contributed by atoms with Gasteiger partial charge in [0.25, 0.3) is 0 Å². The summed E-state index contributed by atoms with van der Waals surface area (Å²) in [4.78, 5) is 14.6. The SMILES string of the molecule is CNCC(C)C(=O)N1CCCC(CNS(=O)(=O)c2ccc(C)cc2)C1. The van der Waals surface area contributed by atoms with Crippen molar-refractivity contribution in [1.29, 1.82) is 0 Å². The molecule has 2 N–H and O–H groups in total. The zero-order valence-corrected chi connectivity index (χ0v) is 16.1. The second-order valence-electron chi connectivity index (χ2n) is 6.92. The van der Waals surface area contributed by atoms with Gasteiger partial charge in [0.15, 0.2) is 0 Å². The lowest BCUT2D eigenvalue weighted by atomic mass is 9.97. The van der Waals surface area contributed by atoms with E-state index in [-0.39, 0.29) is 22.6 Å². The Morgan fingerprint density at radius 1 is 1.32 bits per heavy atom. The van der Waals surface area contributed by atoms with Gasteiger partial charge in [-0.15, -0.1) is 0 Å². The number of piperidine rings is 1. The standard InChI is InChI=1S/C18H29N3O3S/c1-14-6-8-17(9-7-14)25(23,24)20-12-16-5-4-10-21(13-16)18(22)15(2)11-19-3/h6-9,15-16,19-20H,4-5,10-13H2,1-3H3. The molecule has 1 aromatic carbocycles. The number of carbonyl (C=O) groups excluding carboxylic acids is 1. The predicted octanol–water partition coefficient (Wildman–Crippen LogP) is 1.37. The Bertz CT molecular complexity index is 673. The van der Waals surface area contributed by atoms with Gasteiger partial charge in [-0.2, -0.15) is 0 Å². The van der Waals surface area contributed by atoms with Crippen molar-refractivity contribution in [2.45, 2.75) is 31.6 Å². The first-order chi connectivity index (χ1) is 11.8. The molecule has 7 heteroatoms. The lowest BCUT2D eigenvalue weighted by Gasteiger charge is -2.34. The van der Waals surface area contributed by atoms with Gasteiger partial charge in [-0.3, -0.25) is 4.79 Å². The van der Waals surface area contributed by atoms with Crippen LogP contribution in [0.4, 0.5) is 0 Å². The highest BCUT2D eigenvalue weighted by Crippen LogP contribution is 2.19. The summed E-state index contributed by atoms with van der Waals surface area (Å²) in [5.74, 6) is 0.230. The summed E-state index contributed by atoms with van der Waals surface area (Å²) in [6, 6.07) is 6.82. The van der Waals surface area contributed by atoms with Gasteiger partial charge < -0.3 is 10.2 Å². The fourth-order valence-electron chi connectivity index (χ4n) is 3.17. The second-order valence-corrected chi connectivity index (χ2v) is 8.68. The normalized spacial score (nSPS) is 19.6. The molecule has 1 aromatic rings. The Morgan fingerprint density at radius 3 is 2.64 bits per heavy atom. The van der Waals surface area contributed by atoms with Crippen molar-refractivity contribution in [3.05, 3.63) is 29.8 Å². The Kier molecular flexibility index (Phi) is 6.98. The molecule has 0 spiro atoms. The van der Waals surface area contributed by atoms with Crippen molar-refractivity contribution in [2.75, 3.05) is 33.2 Å². The zero-order chi connectivity index (χ0) is 18.4. The molecule has 2 atom stereocenters. The van der Waals surface area contributed by atoms with Gasteiger partial charge in [-0.25, -0.2) is 13.1 Å². The molecule has 1 saturated heterocycles. The Hall–Kier alpha value is -1.44. The third-order valence-electron chi connectivity index (χ3n) is 4.66. The number of rotatable bonds is 7. The minimum absolute atomic E-state index is 0.0620. The van der Waals surface area contributed by atoms with Crippen molar-refractivity contribution >= 4 is 15.9 Å². The highest BCUT2D eigenvalue weighted by Gasteiger charge is 2.27. The van der Waals surface area contributed by atoms with Gasteiger partial charge in [0.1, 0.15) is 0 Å². The number of hydrogen-bond acceptors (Lipinski definition) is 4. The van der Waals surface area contributed by atoms with E-state index in [2.05, 4.69) is 10.0 Å². The van der Waals surface area contributed by atoms with E-state index in [1.807, 2.05) is 25.8 Å². The molecule has 0 radical (unpaired) electrons. The van der Waals surface area contributed by atoms with Crippen molar-refractivity contribution in [1.82, 2.24) is 14.9 Å². The third-order valence-corrected chi connectivity index (χ3v) is 6.10. The molecule has 0 aromatic heterocycles. The minimum Gasteiger partial charge on any atom is -0.342 e. The van der Waals surface area contributed by atoms with Crippen LogP contribution in [0, 0.1) is 18.8 Å². The highest BCUT2D eigenvalue weighted by atomic mass is 32.2. The number of amides is 1. The summed E-state index contributed by atoms with van der Waals surface area (Å²) < 4.78 is 27.5. The van der Waals surface area contributed by atoms with E-state index in [4.69, 9.17) is 0 Å². The number of carbonyl (C=O) groups is 1. The van der Waals surface area contributed by atoms with Gasteiger partial charge in [0, 0.05) is 32.1 Å². The van der Waals surface area contributed by atoms with Gasteiger partial charge >= 0.3 is 0 Å². The van der Waals surface area contributed by atoms with E-state index < -0.39 is 10.0 Å². The molecule has 0 bridgehead atoms. The van der Waals surface area contributed by atoms with Crippen LogP contribution >= 0.6 is 0 Å². The Balaban J connectivity index is 1.92. The smallest absolute Gasteiger partial charge is 0.240 e. The van der Waals surface area contributed by atoms with Crippen molar-refractivity contribution in [3.63, 3.8) is 0 Å². The van der Waals surface area contributed by atoms with Crippen molar-refractivity contribution in [2.24, 2.45) is 11.8 Å². The molecule has 1 fully saturated rings. The maximum absolute atomic E-state index is 12.4. The van der Waals surface area contributed by atoms with E-state index in [0.717, 1.165) is 24.9 Å². The van der Waals surface area contributed by atoms with E-state index in [1.165, 1.54) is 0 Å². The van der Waals surface area contributed by atoms with E-state index in [0.29, 0.717) is 19.6 Å². The second kappa shape index (κ2) is 8.78. The summed E-state index contributed by atoms with van der Waals surface area (Å²) in [5.41, 5.74) is 1.02. The van der Waals surface area contributed by atoms with Crippen LogP contribution in [-0.4, -0.2) is 52.5 Å². The minimum atomic E-state index is -3.50. The molecular formula is C18H29N3O3S. The van der Waals surface area contributed by atoms with E-state index >= 15 is 0 Å². The molecule has 6 nitrogen and oxygen atoms in total. The molecule has 25 heavy (non-hydrogen) atoms. The molecule has 0 saturated carbocycles. The fourth-order valence-corrected chi connectivity index (χ4v) is 4.28. The monoisotopic (exact) mass is 367 g/mol. The zero-order valence-electron chi connectivity index (χ0n) is 15.3. The number of hydrogen-bond donors (Lipinski definition) is 2. The van der Waals surface area contributed by atoms with Gasteiger partial charge in [-0.1, -0.05) is 24.6 Å². The Labute approximate surface area is 151 Å². The lowest BCUT2D eigenvalue weighted by Crippen LogP contribution is -2.46. The maximum Gasteiger partial charge on any atom is 0.240 e. The van der Waals surface area contributed by atoms with E-state index in [1.54, 1.807) is 24.3 Å². The van der Waals surface area contributed by atoms with Gasteiger partial charge in [0.05, 0.1) is 4.90 Å². The summed E-state index contributed by atoms with van der Waals surface area (Å²) in [6.45, 7) is 6.23. The topological polar surface area (TPSA) is 78.5 Å². The number of nitrogens with one attached hydrogen (secondary N) is 2. The first-order valence-corrected chi connectivity index (χ1v) is 10.3. The van der Waals surface area contributed by atoms with Gasteiger partial charge in [-0.05, 0) is 44.9 Å². The Morgan fingerprint density at radius 2 is 2.00 bits per heavy atom. The third kappa shape index (κ3) is 5.52. The highest BCUT2D eigenvalue weighted by molar-refractivity contribution is 7.89. The number of sulfonamides is 1. The first-order valence-electron chi connectivity index (χ1n) is 8.83. The first kappa shape index (κ1) is 19.9. The average Bonchev–Trinajstić information content (AvgIpc) is 2.60. The summed E-state index contributed by atoms with van der Waals surface area (Å²) >= 11 is 0. The molecule has 1 amide bonds. The molecule has 1 aliphatic rings. The number of likely N-dealkylation sites (tertiary alicyclic amines) is 1. The van der Waals surface area contributed by atoms with Crippen LogP contribution in [0.2, 0.25) is 0 Å². The predicted molar refractivity (Wildman–Crippen MR) is 98.8 cm³/mol. The van der Waals surface area contributed by atoms with Gasteiger partial charge in [0.2, 0.25) is 15.9 Å². The van der Waals surface area contributed by atoms with Crippen LogP contribution < -0.4 is 10.0 Å². The number of benzene rings is 1. The molecule has 0 aliphatic carbocycles. The molecular weight excluding hydrogens is 338 g/mol. The van der Waals surface area contributed by atoms with Crippen molar-refractivity contribution < 1.29 is 13.2 Å². The largest absolute Gasteiger partial charge is 0.342 e. The van der Waals surface area contributed by atoms with Crippen LogP contribution in [0.3, 0.4) is 0 Å². The number of aryl methyl sites for hydroxylation is 1. The maximum atomic E-state index is 12.4.